The van der Waals surface area contributed by atoms with Crippen molar-refractivity contribution in [2.24, 2.45) is 5.92 Å². The fraction of sp³-hybridized carbons (Fsp3) is 0.458. The summed E-state index contributed by atoms with van der Waals surface area (Å²) in [5, 5.41) is 9.73. The van der Waals surface area contributed by atoms with Crippen LogP contribution < -0.4 is 19.9 Å². The summed E-state index contributed by atoms with van der Waals surface area (Å²) in [6.07, 6.45) is -0.614. The van der Waals surface area contributed by atoms with Crippen LogP contribution in [0.1, 0.15) is 24.2 Å². The number of aliphatic hydroxyl groups excluding tert-OH is 1. The molecule has 3 N–H and O–H groups in total. The maximum atomic E-state index is 13.4. The van der Waals surface area contributed by atoms with Gasteiger partial charge in [0.05, 0.1) is 35.3 Å². The van der Waals surface area contributed by atoms with Gasteiger partial charge in [0.25, 0.3) is 5.91 Å². The minimum atomic E-state index is -3.88. The number of fused-ring (bicyclic) bond motifs is 2. The van der Waals surface area contributed by atoms with Gasteiger partial charge in [-0.05, 0) is 31.2 Å². The zero-order valence-corrected chi connectivity index (χ0v) is 20.8. The molecule has 3 atom stereocenters. The van der Waals surface area contributed by atoms with Crippen molar-refractivity contribution in [3.8, 4) is 17.2 Å². The Morgan fingerprint density at radius 3 is 2.63 bits per heavy atom. The maximum Gasteiger partial charge on any atom is 0.258 e. The van der Waals surface area contributed by atoms with Crippen molar-refractivity contribution in [3.05, 3.63) is 42.0 Å². The number of likely N-dealkylation sites (N-methyl/N-ethyl adjacent to an activating group) is 1. The van der Waals surface area contributed by atoms with E-state index in [2.05, 4.69) is 0 Å². The Kier molecular flexibility index (Phi) is 7.11. The Morgan fingerprint density at radius 2 is 1.91 bits per heavy atom. The fourth-order valence-corrected chi connectivity index (χ4v) is 5.40. The van der Waals surface area contributed by atoms with Crippen LogP contribution in [0.5, 0.6) is 17.2 Å². The number of anilines is 1. The lowest BCUT2D eigenvalue weighted by atomic mass is 9.99. The zero-order valence-electron chi connectivity index (χ0n) is 20.0. The third-order valence-electron chi connectivity index (χ3n) is 6.38. The van der Waals surface area contributed by atoms with E-state index in [0.29, 0.717) is 24.7 Å². The average Bonchev–Trinajstić information content (AvgIpc) is 2.85. The number of nitrogens with zero attached hydrogens (tertiary/aromatic N) is 2. The Bertz CT molecular complexity index is 1200. The molecule has 35 heavy (non-hydrogen) atoms. The van der Waals surface area contributed by atoms with E-state index in [1.165, 1.54) is 23.5 Å². The smallest absolute Gasteiger partial charge is 0.258 e. The minimum absolute atomic E-state index is 0.0151. The molecule has 4 rings (SSSR count). The van der Waals surface area contributed by atoms with Crippen molar-refractivity contribution in [1.29, 1.82) is 0 Å². The highest BCUT2D eigenvalue weighted by Gasteiger charge is 2.36. The molecule has 2 aliphatic heterocycles. The number of benzene rings is 2. The standard InChI is InChI=1S/C24H31N3O7S/c1-15-12-27(16(2)14-28)24(29)18-5-4-6-19(25)23(18)34-22(15)13-26(3)35(30,31)17-7-8-20-21(11-17)33-10-9-32-20/h4-8,11,15-16,22,28H,9-10,12-14,25H2,1-3H3. The molecule has 0 bridgehead atoms. The van der Waals surface area contributed by atoms with Crippen molar-refractivity contribution in [3.63, 3.8) is 0 Å². The van der Waals surface area contributed by atoms with Gasteiger partial charge in [-0.1, -0.05) is 13.0 Å². The van der Waals surface area contributed by atoms with Crippen molar-refractivity contribution < 1.29 is 32.5 Å². The van der Waals surface area contributed by atoms with Crippen LogP contribution in [0.4, 0.5) is 5.69 Å². The molecular formula is C24H31N3O7S. The van der Waals surface area contributed by atoms with Crippen molar-refractivity contribution in [2.75, 3.05) is 45.7 Å². The highest BCUT2D eigenvalue weighted by atomic mass is 32.2. The summed E-state index contributed by atoms with van der Waals surface area (Å²) < 4.78 is 45.2. The molecule has 1 amide bonds. The van der Waals surface area contributed by atoms with Gasteiger partial charge in [0.15, 0.2) is 17.2 Å². The zero-order chi connectivity index (χ0) is 25.3. The van der Waals surface area contributed by atoms with E-state index in [-0.39, 0.29) is 53.4 Å². The van der Waals surface area contributed by atoms with Gasteiger partial charge in [-0.25, -0.2) is 8.42 Å². The van der Waals surface area contributed by atoms with E-state index >= 15 is 0 Å². The summed E-state index contributed by atoms with van der Waals surface area (Å²) in [5.74, 6) is 0.546. The monoisotopic (exact) mass is 505 g/mol. The fourth-order valence-electron chi connectivity index (χ4n) is 4.20. The quantitative estimate of drug-likeness (QED) is 0.566. The summed E-state index contributed by atoms with van der Waals surface area (Å²) in [7, 11) is -2.40. The SMILES string of the molecule is CC1CN(C(C)CO)C(=O)c2cccc(N)c2OC1CN(C)S(=O)(=O)c1ccc2c(c1)OCCO2. The molecule has 10 nitrogen and oxygen atoms in total. The van der Waals surface area contributed by atoms with Crippen LogP contribution in [0.3, 0.4) is 0 Å². The second-order valence-corrected chi connectivity index (χ2v) is 11.0. The van der Waals surface area contributed by atoms with Gasteiger partial charge >= 0.3 is 0 Å². The second kappa shape index (κ2) is 9.92. The average molecular weight is 506 g/mol. The Balaban J connectivity index is 1.64. The van der Waals surface area contributed by atoms with Crippen molar-refractivity contribution in [2.45, 2.75) is 30.9 Å². The normalized spacial score (nSPS) is 21.1. The first-order chi connectivity index (χ1) is 16.6. The molecular weight excluding hydrogens is 474 g/mol. The second-order valence-electron chi connectivity index (χ2n) is 8.94. The lowest BCUT2D eigenvalue weighted by molar-refractivity contribution is 0.0389. The van der Waals surface area contributed by atoms with Gasteiger partial charge in [0, 0.05) is 25.6 Å². The largest absolute Gasteiger partial charge is 0.486 e. The maximum absolute atomic E-state index is 13.4. The lowest BCUT2D eigenvalue weighted by Gasteiger charge is -2.38. The number of para-hydroxylation sites is 1. The van der Waals surface area contributed by atoms with Crippen LogP contribution in [0, 0.1) is 5.92 Å². The minimum Gasteiger partial charge on any atom is -0.486 e. The van der Waals surface area contributed by atoms with Crippen LogP contribution in [-0.2, 0) is 10.0 Å². The number of hydrogen-bond acceptors (Lipinski definition) is 8. The molecule has 0 radical (unpaired) electrons. The summed E-state index contributed by atoms with van der Waals surface area (Å²) in [4.78, 5) is 14.9. The number of amides is 1. The van der Waals surface area contributed by atoms with Gasteiger partial charge in [-0.2, -0.15) is 4.31 Å². The molecule has 0 spiro atoms. The number of rotatable bonds is 6. The number of nitrogens with two attached hydrogens (primary N) is 1. The predicted octanol–water partition coefficient (Wildman–Crippen LogP) is 1.58. The molecule has 190 valence electrons. The Morgan fingerprint density at radius 1 is 1.20 bits per heavy atom. The molecule has 2 heterocycles. The van der Waals surface area contributed by atoms with Crippen LogP contribution in [0.2, 0.25) is 0 Å². The third kappa shape index (κ3) is 4.89. The van der Waals surface area contributed by atoms with Gasteiger partial charge in [0.2, 0.25) is 10.0 Å². The summed E-state index contributed by atoms with van der Waals surface area (Å²) in [5.41, 5.74) is 6.71. The number of nitrogen functional groups attached to an aromatic ring is 1. The van der Waals surface area contributed by atoms with E-state index in [0.717, 1.165) is 0 Å². The summed E-state index contributed by atoms with van der Waals surface area (Å²) in [6.45, 7) is 4.48. The Labute approximate surface area is 205 Å². The van der Waals surface area contributed by atoms with Crippen LogP contribution >= 0.6 is 0 Å². The van der Waals surface area contributed by atoms with Gasteiger partial charge in [0.1, 0.15) is 19.3 Å². The first-order valence-corrected chi connectivity index (χ1v) is 12.9. The number of sulfonamides is 1. The molecule has 2 aromatic rings. The van der Waals surface area contributed by atoms with Gasteiger partial charge in [-0.3, -0.25) is 4.79 Å². The number of hydrogen-bond donors (Lipinski definition) is 2. The lowest BCUT2D eigenvalue weighted by Crippen LogP contribution is -2.50. The highest BCUT2D eigenvalue weighted by Crippen LogP contribution is 2.35. The van der Waals surface area contributed by atoms with E-state index in [1.807, 2.05) is 6.92 Å². The number of aliphatic hydroxyl groups is 1. The number of carbonyl (C=O) groups excluding carboxylic acids is 1. The Hall–Kier alpha value is -3.02. The third-order valence-corrected chi connectivity index (χ3v) is 8.20. The van der Waals surface area contributed by atoms with Gasteiger partial charge in [-0.15, -0.1) is 0 Å². The summed E-state index contributed by atoms with van der Waals surface area (Å²) in [6, 6.07) is 9.00. The van der Waals surface area contributed by atoms with Crippen LogP contribution in [-0.4, -0.2) is 80.7 Å². The summed E-state index contributed by atoms with van der Waals surface area (Å²) >= 11 is 0. The molecule has 0 saturated carbocycles. The molecule has 0 aromatic heterocycles. The van der Waals surface area contributed by atoms with E-state index in [9.17, 15) is 18.3 Å². The van der Waals surface area contributed by atoms with Crippen LogP contribution in [0.15, 0.2) is 41.3 Å². The van der Waals surface area contributed by atoms with E-state index in [1.54, 1.807) is 36.1 Å². The van der Waals surface area contributed by atoms with Crippen molar-refractivity contribution >= 4 is 21.6 Å². The molecule has 11 heteroatoms. The molecule has 0 saturated heterocycles. The first-order valence-electron chi connectivity index (χ1n) is 11.5. The number of carbonyl (C=O) groups is 1. The predicted molar refractivity (Wildman–Crippen MR) is 129 cm³/mol. The molecule has 0 fully saturated rings. The number of ether oxygens (including phenoxy) is 3. The van der Waals surface area contributed by atoms with Gasteiger partial charge < -0.3 is 30.0 Å². The topological polar surface area (TPSA) is 132 Å². The first kappa shape index (κ1) is 25.1. The molecule has 2 aliphatic rings. The molecule has 2 aromatic carbocycles. The van der Waals surface area contributed by atoms with Crippen LogP contribution in [0.25, 0.3) is 0 Å². The molecule has 3 unspecified atom stereocenters. The van der Waals surface area contributed by atoms with Crippen molar-refractivity contribution in [1.82, 2.24) is 9.21 Å². The van der Waals surface area contributed by atoms with E-state index < -0.39 is 22.2 Å². The molecule has 0 aliphatic carbocycles. The van der Waals surface area contributed by atoms with E-state index in [4.69, 9.17) is 19.9 Å². The highest BCUT2D eigenvalue weighted by molar-refractivity contribution is 7.89.